The molecule has 9 heteroatoms. The van der Waals surface area contributed by atoms with E-state index in [1.54, 1.807) is 12.3 Å². The number of anilines is 1. The first-order chi connectivity index (χ1) is 12.2. The monoisotopic (exact) mass is 366 g/mol. The third kappa shape index (κ3) is 3.12. The lowest BCUT2D eigenvalue weighted by Gasteiger charge is -2.11. The largest absolute Gasteiger partial charge is 0.421 e. The van der Waals surface area contributed by atoms with Crippen LogP contribution >= 0.6 is 0 Å². The van der Waals surface area contributed by atoms with E-state index in [2.05, 4.69) is 9.97 Å². The molecule has 0 fully saturated rings. The smallest absolute Gasteiger partial charge is 0.383 e. The number of fused-ring (bicyclic) bond motifs is 1. The van der Waals surface area contributed by atoms with Gasteiger partial charge in [0.25, 0.3) is 5.56 Å². The second kappa shape index (κ2) is 6.40. The highest BCUT2D eigenvalue weighted by molar-refractivity contribution is 5.86. The number of halogens is 4. The van der Waals surface area contributed by atoms with Gasteiger partial charge in [0, 0.05) is 18.9 Å². The van der Waals surface area contributed by atoms with Gasteiger partial charge >= 0.3 is 6.18 Å². The zero-order valence-electron chi connectivity index (χ0n) is 13.6. The van der Waals surface area contributed by atoms with Crippen LogP contribution in [0.15, 0.2) is 35.4 Å². The predicted molar refractivity (Wildman–Crippen MR) is 88.9 cm³/mol. The highest BCUT2D eigenvalue weighted by atomic mass is 19.4. The Morgan fingerprint density at radius 3 is 2.62 bits per heavy atom. The van der Waals surface area contributed by atoms with Crippen LogP contribution in [0, 0.1) is 5.82 Å². The third-order valence-corrected chi connectivity index (χ3v) is 3.89. The van der Waals surface area contributed by atoms with Gasteiger partial charge in [-0.15, -0.1) is 0 Å². The van der Waals surface area contributed by atoms with E-state index in [-0.39, 0.29) is 22.3 Å². The maximum absolute atomic E-state index is 14.5. The molecule has 2 aromatic heterocycles. The van der Waals surface area contributed by atoms with Gasteiger partial charge < -0.3 is 10.3 Å². The van der Waals surface area contributed by atoms with Gasteiger partial charge in [0.15, 0.2) is 5.82 Å². The molecule has 0 saturated heterocycles. The van der Waals surface area contributed by atoms with Crippen molar-refractivity contribution in [2.75, 3.05) is 5.73 Å². The van der Waals surface area contributed by atoms with Crippen molar-refractivity contribution in [2.24, 2.45) is 0 Å². The number of nitrogens with zero attached hydrogens (tertiary/aromatic N) is 3. The van der Waals surface area contributed by atoms with Gasteiger partial charge in [-0.3, -0.25) is 4.79 Å². The minimum atomic E-state index is -4.70. The van der Waals surface area contributed by atoms with Gasteiger partial charge in [0.2, 0.25) is 0 Å². The number of rotatable bonds is 3. The summed E-state index contributed by atoms with van der Waals surface area (Å²) >= 11 is 0. The number of nitrogen functional groups attached to an aromatic ring is 1. The second-order valence-corrected chi connectivity index (χ2v) is 5.72. The summed E-state index contributed by atoms with van der Waals surface area (Å²) in [5.41, 5.74) is 3.67. The summed E-state index contributed by atoms with van der Waals surface area (Å²) in [7, 11) is 0. The summed E-state index contributed by atoms with van der Waals surface area (Å²) in [6.45, 7) is 2.41. The molecule has 2 heterocycles. The lowest BCUT2D eigenvalue weighted by atomic mass is 10.1. The second-order valence-electron chi connectivity index (χ2n) is 5.72. The molecule has 136 valence electrons. The average molecular weight is 366 g/mol. The van der Waals surface area contributed by atoms with Crippen LogP contribution in [0.3, 0.4) is 0 Å². The maximum atomic E-state index is 14.5. The van der Waals surface area contributed by atoms with E-state index in [9.17, 15) is 22.4 Å². The highest BCUT2D eigenvalue weighted by Crippen LogP contribution is 2.33. The van der Waals surface area contributed by atoms with E-state index in [4.69, 9.17) is 5.73 Å². The van der Waals surface area contributed by atoms with Crippen molar-refractivity contribution < 1.29 is 17.6 Å². The maximum Gasteiger partial charge on any atom is 0.421 e. The zero-order valence-corrected chi connectivity index (χ0v) is 13.6. The van der Waals surface area contributed by atoms with Gasteiger partial charge in [-0.05, 0) is 30.0 Å². The molecule has 3 rings (SSSR count). The van der Waals surface area contributed by atoms with E-state index in [0.29, 0.717) is 18.1 Å². The molecule has 2 N–H and O–H groups in total. The SMILES string of the molecule is CCCn1ccc2cc(-c3ncc(C(F)(F)F)c(N)n3)c(F)cc2c1=O. The van der Waals surface area contributed by atoms with Crippen molar-refractivity contribution >= 4 is 16.6 Å². The van der Waals surface area contributed by atoms with E-state index in [1.807, 2.05) is 6.92 Å². The minimum Gasteiger partial charge on any atom is -0.383 e. The number of nitrogens with two attached hydrogens (primary N) is 1. The lowest BCUT2D eigenvalue weighted by molar-refractivity contribution is -0.137. The molecule has 26 heavy (non-hydrogen) atoms. The normalized spacial score (nSPS) is 11.9. The van der Waals surface area contributed by atoms with Gasteiger partial charge in [0.05, 0.1) is 10.9 Å². The van der Waals surface area contributed by atoms with Crippen LogP contribution in [0.25, 0.3) is 22.2 Å². The Kier molecular flexibility index (Phi) is 4.39. The van der Waals surface area contributed by atoms with E-state index >= 15 is 0 Å². The molecule has 0 saturated carbocycles. The minimum absolute atomic E-state index is 0.134. The molecule has 3 aromatic rings. The van der Waals surface area contributed by atoms with Crippen molar-refractivity contribution in [2.45, 2.75) is 26.1 Å². The summed E-state index contributed by atoms with van der Waals surface area (Å²) < 4.78 is 54.2. The Morgan fingerprint density at radius 2 is 2.00 bits per heavy atom. The van der Waals surface area contributed by atoms with Crippen molar-refractivity contribution in [3.63, 3.8) is 0 Å². The van der Waals surface area contributed by atoms with Crippen LogP contribution in [-0.4, -0.2) is 14.5 Å². The number of hydrogen-bond donors (Lipinski definition) is 1. The third-order valence-electron chi connectivity index (χ3n) is 3.89. The van der Waals surface area contributed by atoms with Crippen LogP contribution in [0.2, 0.25) is 0 Å². The van der Waals surface area contributed by atoms with E-state index < -0.39 is 23.4 Å². The van der Waals surface area contributed by atoms with Gasteiger partial charge in [-0.2, -0.15) is 13.2 Å². The fourth-order valence-corrected chi connectivity index (χ4v) is 2.64. The molecule has 0 radical (unpaired) electrons. The van der Waals surface area contributed by atoms with Crippen LogP contribution in [0.1, 0.15) is 18.9 Å². The number of benzene rings is 1. The number of aromatic nitrogens is 3. The highest BCUT2D eigenvalue weighted by Gasteiger charge is 2.34. The number of alkyl halides is 3. The molecule has 1 aromatic carbocycles. The van der Waals surface area contributed by atoms with Crippen LogP contribution in [0.4, 0.5) is 23.4 Å². The number of pyridine rings is 1. The molecule has 0 aliphatic rings. The number of hydrogen-bond acceptors (Lipinski definition) is 4. The summed E-state index contributed by atoms with van der Waals surface area (Å²) in [6.07, 6.45) is -1.86. The molecule has 5 nitrogen and oxygen atoms in total. The van der Waals surface area contributed by atoms with Crippen molar-refractivity contribution in [1.82, 2.24) is 14.5 Å². The molecule has 0 aliphatic carbocycles. The molecule has 0 bridgehead atoms. The quantitative estimate of drug-likeness (QED) is 0.719. The molecular formula is C17H14F4N4O. The van der Waals surface area contributed by atoms with Gasteiger partial charge in [-0.1, -0.05) is 6.92 Å². The Hall–Kier alpha value is -2.97. The molecule has 0 aliphatic heterocycles. The van der Waals surface area contributed by atoms with Gasteiger partial charge in [0.1, 0.15) is 17.2 Å². The van der Waals surface area contributed by atoms with Crippen LogP contribution in [0.5, 0.6) is 0 Å². The van der Waals surface area contributed by atoms with Crippen LogP contribution < -0.4 is 11.3 Å². The Morgan fingerprint density at radius 1 is 1.27 bits per heavy atom. The van der Waals surface area contributed by atoms with Gasteiger partial charge in [-0.25, -0.2) is 14.4 Å². The fraction of sp³-hybridized carbons (Fsp3) is 0.235. The molecule has 0 atom stereocenters. The Balaban J connectivity index is 2.15. The first-order valence-electron chi connectivity index (χ1n) is 7.75. The summed E-state index contributed by atoms with van der Waals surface area (Å²) in [6, 6.07) is 3.99. The van der Waals surface area contributed by atoms with Crippen molar-refractivity contribution in [1.29, 1.82) is 0 Å². The topological polar surface area (TPSA) is 73.8 Å². The lowest BCUT2D eigenvalue weighted by Crippen LogP contribution is -2.19. The zero-order chi connectivity index (χ0) is 19.1. The van der Waals surface area contributed by atoms with E-state index in [1.165, 1.54) is 10.6 Å². The first kappa shape index (κ1) is 17.8. The molecule has 0 unspecified atom stereocenters. The first-order valence-corrected chi connectivity index (χ1v) is 7.75. The van der Waals surface area contributed by atoms with Crippen molar-refractivity contribution in [3.05, 3.63) is 52.3 Å². The molecule has 0 spiro atoms. The predicted octanol–water partition coefficient (Wildman–Crippen LogP) is 3.61. The Labute approximate surface area is 145 Å². The summed E-state index contributed by atoms with van der Waals surface area (Å²) in [4.78, 5) is 19.5. The van der Waals surface area contributed by atoms with Crippen LogP contribution in [-0.2, 0) is 12.7 Å². The number of aryl methyl sites for hydroxylation is 1. The molecular weight excluding hydrogens is 352 g/mol. The van der Waals surface area contributed by atoms with Crippen molar-refractivity contribution in [3.8, 4) is 11.4 Å². The average Bonchev–Trinajstić information content (AvgIpc) is 2.56. The summed E-state index contributed by atoms with van der Waals surface area (Å²) in [5.74, 6) is -1.89. The Bertz CT molecular complexity index is 1040. The molecule has 0 amide bonds. The summed E-state index contributed by atoms with van der Waals surface area (Å²) in [5, 5.41) is 0.600. The fourth-order valence-electron chi connectivity index (χ4n) is 2.64. The standard InChI is InChI=1S/C17H14F4N4O/c1-2-4-25-5-3-9-6-11(13(18)7-10(9)16(25)26)15-23-8-12(14(22)24-15)17(19,20)21/h3,5-8H,2,4H2,1H3,(H2,22,23,24). The van der Waals surface area contributed by atoms with E-state index in [0.717, 1.165) is 12.5 Å².